The molecule has 2 aliphatic heterocycles. The molecule has 15 heteroatoms. The summed E-state index contributed by atoms with van der Waals surface area (Å²) < 4.78 is 31.4. The molecule has 1 N–H and O–H groups in total. The lowest BCUT2D eigenvalue weighted by atomic mass is 10.0. The van der Waals surface area contributed by atoms with Crippen LogP contribution in [0.1, 0.15) is 31.4 Å². The predicted molar refractivity (Wildman–Crippen MR) is 177 cm³/mol. The van der Waals surface area contributed by atoms with Gasteiger partial charge in [0.25, 0.3) is 5.56 Å². The Bertz CT molecular complexity index is 1900. The average molecular weight is 693 g/mol. The molecule has 5 rings (SSSR count). The number of anilines is 1. The fourth-order valence-electron chi connectivity index (χ4n) is 6.11. The highest BCUT2D eigenvalue weighted by Crippen LogP contribution is 2.32. The molecule has 1 unspecified atom stereocenters. The average Bonchev–Trinajstić information content (AvgIpc) is 3.16. The maximum Gasteiger partial charge on any atom is 0.331 e. The number of hydrogen-bond acceptors (Lipinski definition) is 7. The monoisotopic (exact) mass is 691 g/mol. The minimum atomic E-state index is -3.56. The standard InChI is InChI=1S/C31H35Cl2N5O7S/c1-19(18-46(3,43)44)38-29(40)24(23-5-4-6-25(32)28(23)33)16-36(31(38)42)17-27(39)35-12-10-21(11-13-35)37-14-9-20-15-22(45-2)7-8-26(20)34-30(37)41/h4-8,15-16,19,21H,9-14,17-18H2,1-3H3,(H,34,41). The van der Waals surface area contributed by atoms with Crippen molar-refractivity contribution in [2.24, 2.45) is 0 Å². The van der Waals surface area contributed by atoms with Crippen molar-refractivity contribution in [1.29, 1.82) is 0 Å². The topological polar surface area (TPSA) is 140 Å². The van der Waals surface area contributed by atoms with E-state index in [-0.39, 0.29) is 45.7 Å². The summed E-state index contributed by atoms with van der Waals surface area (Å²) in [4.78, 5) is 57.2. The lowest BCUT2D eigenvalue weighted by Crippen LogP contribution is -2.51. The van der Waals surface area contributed by atoms with Crippen LogP contribution in [0.15, 0.2) is 52.2 Å². The van der Waals surface area contributed by atoms with E-state index in [1.54, 1.807) is 41.2 Å². The molecule has 1 fully saturated rings. The van der Waals surface area contributed by atoms with Crippen LogP contribution in [0, 0.1) is 0 Å². The molecule has 1 atom stereocenters. The number of nitrogens with one attached hydrogen (secondary N) is 1. The zero-order valence-corrected chi connectivity index (χ0v) is 28.0. The number of nitrogens with zero attached hydrogens (tertiary/aromatic N) is 4. The Morgan fingerprint density at radius 2 is 1.78 bits per heavy atom. The lowest BCUT2D eigenvalue weighted by molar-refractivity contribution is -0.133. The summed E-state index contributed by atoms with van der Waals surface area (Å²) in [6.07, 6.45) is 4.03. The molecule has 3 heterocycles. The molecular formula is C31H35Cl2N5O7S. The Hall–Kier alpha value is -3.81. The van der Waals surface area contributed by atoms with E-state index < -0.39 is 32.9 Å². The molecule has 0 bridgehead atoms. The molecule has 2 aromatic carbocycles. The number of urea groups is 1. The van der Waals surface area contributed by atoms with Gasteiger partial charge in [0.1, 0.15) is 22.1 Å². The van der Waals surface area contributed by atoms with Gasteiger partial charge in [-0.3, -0.25) is 18.7 Å². The molecule has 246 valence electrons. The molecule has 0 aliphatic carbocycles. The second kappa shape index (κ2) is 13.5. The van der Waals surface area contributed by atoms with E-state index in [1.807, 2.05) is 12.1 Å². The van der Waals surface area contributed by atoms with Crippen LogP contribution in [-0.4, -0.2) is 84.1 Å². The van der Waals surface area contributed by atoms with E-state index in [2.05, 4.69) is 5.32 Å². The number of hydrogen-bond donors (Lipinski definition) is 1. The van der Waals surface area contributed by atoms with E-state index in [1.165, 1.54) is 13.1 Å². The summed E-state index contributed by atoms with van der Waals surface area (Å²) in [6, 6.07) is 8.95. The summed E-state index contributed by atoms with van der Waals surface area (Å²) in [7, 11) is -1.96. The van der Waals surface area contributed by atoms with Crippen LogP contribution in [0.4, 0.5) is 10.5 Å². The number of rotatable bonds is 8. The molecule has 0 saturated carbocycles. The van der Waals surface area contributed by atoms with Gasteiger partial charge >= 0.3 is 11.7 Å². The van der Waals surface area contributed by atoms with E-state index in [0.717, 1.165) is 32.4 Å². The fourth-order valence-corrected chi connectivity index (χ4v) is 7.54. The second-order valence-corrected chi connectivity index (χ2v) is 14.6. The largest absolute Gasteiger partial charge is 0.497 e. The minimum absolute atomic E-state index is 0.00440. The highest BCUT2D eigenvalue weighted by Gasteiger charge is 2.32. The maximum atomic E-state index is 13.6. The number of amides is 3. The Labute approximate surface area is 276 Å². The van der Waals surface area contributed by atoms with Crippen LogP contribution < -0.4 is 21.3 Å². The summed E-state index contributed by atoms with van der Waals surface area (Å²) in [5.41, 5.74) is 0.424. The SMILES string of the molecule is COc1ccc2c(c1)CCN(C1CCN(C(=O)Cn3cc(-c4cccc(Cl)c4Cl)c(=O)n(C(C)CS(C)(=O)=O)c3=O)CC1)C(=O)N2. The molecule has 0 radical (unpaired) electrons. The van der Waals surface area contributed by atoms with Crippen molar-refractivity contribution in [3.63, 3.8) is 0 Å². The Morgan fingerprint density at radius 1 is 1.07 bits per heavy atom. The first-order valence-corrected chi connectivity index (χ1v) is 17.6. The minimum Gasteiger partial charge on any atom is -0.497 e. The molecule has 0 spiro atoms. The van der Waals surface area contributed by atoms with Crippen LogP contribution in [0.2, 0.25) is 10.0 Å². The highest BCUT2D eigenvalue weighted by molar-refractivity contribution is 7.90. The van der Waals surface area contributed by atoms with Gasteiger partial charge in [0, 0.05) is 49.4 Å². The molecule has 12 nitrogen and oxygen atoms in total. The van der Waals surface area contributed by atoms with Crippen molar-refractivity contribution in [3.05, 3.63) is 79.0 Å². The first-order valence-electron chi connectivity index (χ1n) is 14.8. The number of benzene rings is 2. The van der Waals surface area contributed by atoms with Gasteiger partial charge in [-0.25, -0.2) is 18.0 Å². The molecule has 3 amide bonds. The van der Waals surface area contributed by atoms with Crippen molar-refractivity contribution < 1.29 is 22.7 Å². The molecular weight excluding hydrogens is 657 g/mol. The van der Waals surface area contributed by atoms with Gasteiger partial charge in [-0.1, -0.05) is 35.3 Å². The number of fused-ring (bicyclic) bond motifs is 1. The van der Waals surface area contributed by atoms with Gasteiger partial charge in [0.05, 0.1) is 34.5 Å². The van der Waals surface area contributed by atoms with Crippen LogP contribution in [0.3, 0.4) is 0 Å². The highest BCUT2D eigenvalue weighted by atomic mass is 35.5. The molecule has 1 saturated heterocycles. The van der Waals surface area contributed by atoms with E-state index in [9.17, 15) is 27.6 Å². The third-order valence-electron chi connectivity index (χ3n) is 8.41. The number of methoxy groups -OCH3 is 1. The summed E-state index contributed by atoms with van der Waals surface area (Å²) in [6.45, 7) is 2.31. The van der Waals surface area contributed by atoms with Crippen LogP contribution >= 0.6 is 23.2 Å². The maximum absolute atomic E-state index is 13.6. The number of carbonyl (C=O) groups excluding carboxylic acids is 2. The Kier molecular flexibility index (Phi) is 9.85. The van der Waals surface area contributed by atoms with Gasteiger partial charge in [-0.2, -0.15) is 0 Å². The first-order chi connectivity index (χ1) is 21.8. The number of likely N-dealkylation sites (tertiary alicyclic amines) is 1. The van der Waals surface area contributed by atoms with Gasteiger partial charge in [-0.05, 0) is 56.0 Å². The normalized spacial score (nSPS) is 16.4. The van der Waals surface area contributed by atoms with Crippen LogP contribution in [0.5, 0.6) is 5.75 Å². The third-order valence-corrected chi connectivity index (χ3v) is 10.3. The summed E-state index contributed by atoms with van der Waals surface area (Å²) in [5, 5.41) is 3.26. The van der Waals surface area contributed by atoms with Crippen LogP contribution in [0.25, 0.3) is 11.1 Å². The van der Waals surface area contributed by atoms with E-state index >= 15 is 0 Å². The Morgan fingerprint density at radius 3 is 2.46 bits per heavy atom. The number of aromatic nitrogens is 2. The number of ether oxygens (including phenoxy) is 1. The molecule has 46 heavy (non-hydrogen) atoms. The van der Waals surface area contributed by atoms with Crippen molar-refractivity contribution in [1.82, 2.24) is 18.9 Å². The molecule has 2 aliphatic rings. The number of halogens is 2. The summed E-state index contributed by atoms with van der Waals surface area (Å²) >= 11 is 12.6. The van der Waals surface area contributed by atoms with Gasteiger partial charge in [0.2, 0.25) is 5.91 Å². The van der Waals surface area contributed by atoms with Crippen molar-refractivity contribution in [2.75, 3.05) is 44.1 Å². The number of carbonyl (C=O) groups is 2. The van der Waals surface area contributed by atoms with Crippen molar-refractivity contribution in [2.45, 2.75) is 44.8 Å². The third kappa shape index (κ3) is 7.11. The zero-order chi connectivity index (χ0) is 33.3. The second-order valence-electron chi connectivity index (χ2n) is 11.7. The smallest absolute Gasteiger partial charge is 0.331 e. The van der Waals surface area contributed by atoms with Gasteiger partial charge < -0.3 is 19.9 Å². The quantitative estimate of drug-likeness (QED) is 0.380. The Balaban J connectivity index is 1.35. The predicted octanol–water partition coefficient (Wildman–Crippen LogP) is 3.68. The fraction of sp³-hybridized carbons (Fsp3) is 0.419. The van der Waals surface area contributed by atoms with E-state index in [4.69, 9.17) is 27.9 Å². The van der Waals surface area contributed by atoms with Crippen molar-refractivity contribution >= 4 is 50.7 Å². The molecule has 1 aromatic heterocycles. The van der Waals surface area contributed by atoms with Crippen molar-refractivity contribution in [3.8, 4) is 16.9 Å². The first kappa shape index (κ1) is 33.6. The van der Waals surface area contributed by atoms with Gasteiger partial charge in [0.15, 0.2) is 0 Å². The zero-order valence-electron chi connectivity index (χ0n) is 25.7. The summed E-state index contributed by atoms with van der Waals surface area (Å²) in [5.74, 6) is -0.0983. The van der Waals surface area contributed by atoms with E-state index in [0.29, 0.717) is 38.9 Å². The number of piperidine rings is 1. The molecule has 3 aromatic rings. The number of sulfone groups is 1. The van der Waals surface area contributed by atoms with Crippen LogP contribution in [-0.2, 0) is 27.6 Å². The van der Waals surface area contributed by atoms with Gasteiger partial charge in [-0.15, -0.1) is 0 Å². The lowest BCUT2D eigenvalue weighted by Gasteiger charge is -2.38.